The number of hydrogen-bond acceptors (Lipinski definition) is 4. The highest BCUT2D eigenvalue weighted by molar-refractivity contribution is 9.10. The standard InChI is InChI=1S/C15H21BrN2O2/c1-20-15(19)14(11-8-12(16)10-17-9-11)18-13-6-4-2-3-5-7-13/h8-10,13-14,18H,2-7H2,1H3. The summed E-state index contributed by atoms with van der Waals surface area (Å²) in [5.41, 5.74) is 0.843. The van der Waals surface area contributed by atoms with Crippen molar-refractivity contribution in [2.45, 2.75) is 50.6 Å². The molecule has 1 aromatic heterocycles. The van der Waals surface area contributed by atoms with E-state index in [2.05, 4.69) is 26.2 Å². The maximum absolute atomic E-state index is 12.1. The van der Waals surface area contributed by atoms with Gasteiger partial charge in [-0.2, -0.15) is 0 Å². The molecule has 1 aliphatic rings. The molecule has 1 aliphatic carbocycles. The minimum atomic E-state index is -0.437. The number of pyridine rings is 1. The molecule has 0 radical (unpaired) electrons. The monoisotopic (exact) mass is 340 g/mol. The molecular formula is C15H21BrN2O2. The predicted molar refractivity (Wildman–Crippen MR) is 81.3 cm³/mol. The first-order valence-electron chi connectivity index (χ1n) is 7.15. The Balaban J connectivity index is 2.12. The van der Waals surface area contributed by atoms with Gasteiger partial charge in [0, 0.05) is 22.9 Å². The number of aromatic nitrogens is 1. The number of hydrogen-bond donors (Lipinski definition) is 1. The highest BCUT2D eigenvalue weighted by Gasteiger charge is 2.25. The lowest BCUT2D eigenvalue weighted by molar-refractivity contribution is -0.143. The number of esters is 1. The lowest BCUT2D eigenvalue weighted by atomic mass is 10.0. The molecule has 0 aliphatic heterocycles. The van der Waals surface area contributed by atoms with Crippen molar-refractivity contribution in [3.63, 3.8) is 0 Å². The quantitative estimate of drug-likeness (QED) is 0.674. The van der Waals surface area contributed by atoms with Crippen molar-refractivity contribution in [2.24, 2.45) is 0 Å². The molecule has 0 amide bonds. The van der Waals surface area contributed by atoms with Crippen LogP contribution in [-0.4, -0.2) is 24.1 Å². The lowest BCUT2D eigenvalue weighted by Gasteiger charge is -2.23. The first-order chi connectivity index (χ1) is 9.70. The number of carbonyl (C=O) groups excluding carboxylic acids is 1. The fraction of sp³-hybridized carbons (Fsp3) is 0.600. The molecule has 0 aromatic carbocycles. The van der Waals surface area contributed by atoms with Crippen molar-refractivity contribution in [1.29, 1.82) is 0 Å². The number of halogens is 1. The molecule has 110 valence electrons. The number of rotatable bonds is 4. The van der Waals surface area contributed by atoms with Gasteiger partial charge in [-0.1, -0.05) is 25.7 Å². The van der Waals surface area contributed by atoms with E-state index in [0.717, 1.165) is 22.9 Å². The van der Waals surface area contributed by atoms with Crippen LogP contribution in [0.1, 0.15) is 50.1 Å². The van der Waals surface area contributed by atoms with E-state index >= 15 is 0 Å². The average molecular weight is 341 g/mol. The molecular weight excluding hydrogens is 320 g/mol. The second-order valence-electron chi connectivity index (χ2n) is 5.25. The van der Waals surface area contributed by atoms with Crippen molar-refractivity contribution in [3.8, 4) is 0 Å². The third kappa shape index (κ3) is 4.28. The Morgan fingerprint density at radius 2 is 2.05 bits per heavy atom. The Hall–Kier alpha value is -0.940. The minimum Gasteiger partial charge on any atom is -0.468 e. The van der Waals surface area contributed by atoms with Gasteiger partial charge in [-0.25, -0.2) is 4.79 Å². The third-order valence-corrected chi connectivity index (χ3v) is 4.19. The number of carbonyl (C=O) groups is 1. The second-order valence-corrected chi connectivity index (χ2v) is 6.16. The normalized spacial score (nSPS) is 18.3. The summed E-state index contributed by atoms with van der Waals surface area (Å²) in [4.78, 5) is 16.2. The number of ether oxygens (including phenoxy) is 1. The predicted octanol–water partition coefficient (Wildman–Crippen LogP) is 3.37. The Bertz CT molecular complexity index is 445. The van der Waals surface area contributed by atoms with Crippen LogP contribution in [0.3, 0.4) is 0 Å². The molecule has 1 N–H and O–H groups in total. The van der Waals surface area contributed by atoms with Crippen molar-refractivity contribution in [3.05, 3.63) is 28.5 Å². The van der Waals surface area contributed by atoms with E-state index in [9.17, 15) is 4.79 Å². The molecule has 0 saturated heterocycles. The summed E-state index contributed by atoms with van der Waals surface area (Å²) in [5, 5.41) is 3.45. The van der Waals surface area contributed by atoms with Crippen molar-refractivity contribution < 1.29 is 9.53 Å². The zero-order valence-corrected chi connectivity index (χ0v) is 13.4. The highest BCUT2D eigenvalue weighted by Crippen LogP contribution is 2.23. The van der Waals surface area contributed by atoms with E-state index in [1.807, 2.05) is 6.07 Å². The molecule has 2 rings (SSSR count). The Kier molecular flexibility index (Phi) is 5.98. The summed E-state index contributed by atoms with van der Waals surface area (Å²) >= 11 is 3.40. The molecule has 1 unspecified atom stereocenters. The number of nitrogens with one attached hydrogen (secondary N) is 1. The smallest absolute Gasteiger partial charge is 0.327 e. The highest BCUT2D eigenvalue weighted by atomic mass is 79.9. The van der Waals surface area contributed by atoms with E-state index < -0.39 is 6.04 Å². The third-order valence-electron chi connectivity index (χ3n) is 3.75. The van der Waals surface area contributed by atoms with Crippen LogP contribution in [0.2, 0.25) is 0 Å². The number of methoxy groups -OCH3 is 1. The van der Waals surface area contributed by atoms with Crippen LogP contribution in [0.5, 0.6) is 0 Å². The molecule has 0 spiro atoms. The zero-order valence-electron chi connectivity index (χ0n) is 11.8. The molecule has 4 nitrogen and oxygen atoms in total. The van der Waals surface area contributed by atoms with Crippen LogP contribution in [0.25, 0.3) is 0 Å². The second kappa shape index (κ2) is 7.74. The molecule has 1 heterocycles. The van der Waals surface area contributed by atoms with Gasteiger partial charge in [-0.05, 0) is 40.4 Å². The van der Waals surface area contributed by atoms with Crippen LogP contribution >= 0.6 is 15.9 Å². The molecule has 1 atom stereocenters. The summed E-state index contributed by atoms with van der Waals surface area (Å²) < 4.78 is 5.80. The summed E-state index contributed by atoms with van der Waals surface area (Å²) in [6.45, 7) is 0. The van der Waals surface area contributed by atoms with Crippen LogP contribution < -0.4 is 5.32 Å². The molecule has 0 bridgehead atoms. The van der Waals surface area contributed by atoms with Gasteiger partial charge in [-0.3, -0.25) is 10.3 Å². The molecule has 1 aromatic rings. The summed E-state index contributed by atoms with van der Waals surface area (Å²) in [6.07, 6.45) is 10.7. The van der Waals surface area contributed by atoms with E-state index in [-0.39, 0.29) is 5.97 Å². The number of nitrogens with zero attached hydrogens (tertiary/aromatic N) is 1. The van der Waals surface area contributed by atoms with Gasteiger partial charge in [0.1, 0.15) is 6.04 Å². The van der Waals surface area contributed by atoms with Gasteiger partial charge in [0.05, 0.1) is 7.11 Å². The van der Waals surface area contributed by atoms with Gasteiger partial charge in [0.25, 0.3) is 0 Å². The summed E-state index contributed by atoms with van der Waals surface area (Å²) in [7, 11) is 1.43. The van der Waals surface area contributed by atoms with Crippen molar-refractivity contribution in [1.82, 2.24) is 10.3 Å². The van der Waals surface area contributed by atoms with E-state index in [1.54, 1.807) is 12.4 Å². The molecule has 5 heteroatoms. The van der Waals surface area contributed by atoms with Crippen molar-refractivity contribution >= 4 is 21.9 Å². The van der Waals surface area contributed by atoms with Crippen LogP contribution in [-0.2, 0) is 9.53 Å². The van der Waals surface area contributed by atoms with Gasteiger partial charge >= 0.3 is 5.97 Å². The Labute approximate surface area is 128 Å². The van der Waals surface area contributed by atoms with E-state index in [0.29, 0.717) is 6.04 Å². The molecule has 1 saturated carbocycles. The molecule has 1 fully saturated rings. The Morgan fingerprint density at radius 3 is 2.65 bits per heavy atom. The summed E-state index contributed by atoms with van der Waals surface area (Å²) in [5.74, 6) is -0.255. The van der Waals surface area contributed by atoms with Gasteiger partial charge in [0.2, 0.25) is 0 Å². The zero-order chi connectivity index (χ0) is 14.4. The van der Waals surface area contributed by atoms with E-state index in [4.69, 9.17) is 4.74 Å². The average Bonchev–Trinajstić information content (AvgIpc) is 2.72. The van der Waals surface area contributed by atoms with Crippen LogP contribution in [0.4, 0.5) is 0 Å². The topological polar surface area (TPSA) is 51.2 Å². The van der Waals surface area contributed by atoms with Crippen molar-refractivity contribution in [2.75, 3.05) is 7.11 Å². The van der Waals surface area contributed by atoms with Crippen LogP contribution in [0, 0.1) is 0 Å². The SMILES string of the molecule is COC(=O)C(NC1CCCCCC1)c1cncc(Br)c1. The summed E-state index contributed by atoms with van der Waals surface area (Å²) in [6, 6.07) is 1.85. The fourth-order valence-corrected chi connectivity index (χ4v) is 3.07. The maximum Gasteiger partial charge on any atom is 0.327 e. The van der Waals surface area contributed by atoms with Gasteiger partial charge in [0.15, 0.2) is 0 Å². The lowest BCUT2D eigenvalue weighted by Crippen LogP contribution is -2.37. The first-order valence-corrected chi connectivity index (χ1v) is 7.94. The maximum atomic E-state index is 12.1. The minimum absolute atomic E-state index is 0.255. The van der Waals surface area contributed by atoms with Gasteiger partial charge < -0.3 is 4.74 Å². The fourth-order valence-electron chi connectivity index (χ4n) is 2.69. The van der Waals surface area contributed by atoms with E-state index in [1.165, 1.54) is 32.8 Å². The van der Waals surface area contributed by atoms with Gasteiger partial charge in [-0.15, -0.1) is 0 Å². The molecule has 20 heavy (non-hydrogen) atoms. The largest absolute Gasteiger partial charge is 0.468 e. The van der Waals surface area contributed by atoms with Crippen LogP contribution in [0.15, 0.2) is 22.9 Å². The first kappa shape index (κ1) is 15.4. The Morgan fingerprint density at radius 1 is 1.35 bits per heavy atom.